The lowest BCUT2D eigenvalue weighted by Crippen LogP contribution is -2.28. The Hall–Kier alpha value is -2.76. The summed E-state index contributed by atoms with van der Waals surface area (Å²) in [5, 5.41) is 9.40. The third-order valence-electron chi connectivity index (χ3n) is 4.29. The Morgan fingerprint density at radius 3 is 2.67 bits per heavy atom. The molecule has 1 amide bonds. The van der Waals surface area contributed by atoms with Gasteiger partial charge in [0.05, 0.1) is 22.2 Å². The van der Waals surface area contributed by atoms with Gasteiger partial charge in [-0.2, -0.15) is 5.26 Å². The number of carbonyl (C=O) groups excluding carboxylic acids is 1. The van der Waals surface area contributed by atoms with Gasteiger partial charge >= 0.3 is 0 Å². The monoisotopic (exact) mass is 485 g/mol. The van der Waals surface area contributed by atoms with E-state index in [0.29, 0.717) is 32.6 Å². The number of ether oxygens (including phenoxy) is 2. The molecule has 2 aromatic carbocycles. The first-order valence-corrected chi connectivity index (χ1v) is 10.8. The molecule has 8 heteroatoms. The Morgan fingerprint density at radius 2 is 2.03 bits per heavy atom. The minimum atomic E-state index is -0.0896. The van der Waals surface area contributed by atoms with Gasteiger partial charge in [0, 0.05) is 6.54 Å². The van der Waals surface area contributed by atoms with Crippen LogP contribution >= 0.6 is 27.7 Å². The Kier molecular flexibility index (Phi) is 7.19. The maximum Gasteiger partial charge on any atom is 0.266 e. The molecule has 0 N–H and O–H groups in total. The highest BCUT2D eigenvalue weighted by Gasteiger charge is 2.32. The van der Waals surface area contributed by atoms with Crippen molar-refractivity contribution in [3.05, 3.63) is 56.9 Å². The number of halogens is 1. The third kappa shape index (κ3) is 4.86. The number of hydrogen-bond donors (Lipinski definition) is 0. The number of aliphatic imine (C=N–C) groups is 1. The lowest BCUT2D eigenvalue weighted by Gasteiger charge is -2.12. The van der Waals surface area contributed by atoms with Gasteiger partial charge in [-0.3, -0.25) is 9.69 Å². The van der Waals surface area contributed by atoms with Crippen LogP contribution in [0.3, 0.4) is 0 Å². The van der Waals surface area contributed by atoms with Gasteiger partial charge < -0.3 is 9.47 Å². The maximum absolute atomic E-state index is 12.9. The first kappa shape index (κ1) is 21.9. The van der Waals surface area contributed by atoms with Crippen LogP contribution in [0.4, 0.5) is 5.69 Å². The summed E-state index contributed by atoms with van der Waals surface area (Å²) in [5.74, 6) is 0.833. The number of rotatable bonds is 6. The number of likely N-dealkylation sites (N-methyl/N-ethyl adjacent to an activating group) is 1. The Morgan fingerprint density at radius 1 is 1.30 bits per heavy atom. The molecular formula is C22H20BrN3O3S. The van der Waals surface area contributed by atoms with Gasteiger partial charge in [0.15, 0.2) is 23.3 Å². The van der Waals surface area contributed by atoms with Crippen molar-refractivity contribution in [2.75, 3.05) is 20.3 Å². The van der Waals surface area contributed by atoms with Crippen molar-refractivity contribution in [1.29, 1.82) is 5.26 Å². The molecule has 2 aromatic rings. The number of nitriles is 1. The van der Waals surface area contributed by atoms with E-state index >= 15 is 0 Å². The molecule has 0 saturated carbocycles. The van der Waals surface area contributed by atoms with Crippen LogP contribution in [0.25, 0.3) is 6.08 Å². The number of thioether (sulfide) groups is 1. The smallest absolute Gasteiger partial charge is 0.266 e. The molecule has 1 aliphatic rings. The molecule has 6 nitrogen and oxygen atoms in total. The van der Waals surface area contributed by atoms with Crippen molar-refractivity contribution in [3.8, 4) is 17.6 Å². The molecule has 0 aliphatic carbocycles. The zero-order chi connectivity index (χ0) is 21.7. The first-order valence-electron chi connectivity index (χ1n) is 9.20. The molecule has 0 unspecified atom stereocenters. The van der Waals surface area contributed by atoms with Crippen LogP contribution < -0.4 is 9.47 Å². The van der Waals surface area contributed by atoms with Gasteiger partial charge in [-0.1, -0.05) is 17.7 Å². The van der Waals surface area contributed by atoms with Crippen molar-refractivity contribution in [2.24, 2.45) is 4.99 Å². The van der Waals surface area contributed by atoms with E-state index < -0.39 is 0 Å². The van der Waals surface area contributed by atoms with Gasteiger partial charge in [-0.25, -0.2) is 4.99 Å². The average Bonchev–Trinajstić information content (AvgIpc) is 3.02. The number of hydrogen-bond acceptors (Lipinski definition) is 6. The fourth-order valence-corrected chi connectivity index (χ4v) is 4.46. The van der Waals surface area contributed by atoms with E-state index in [1.165, 1.54) is 18.9 Å². The summed E-state index contributed by atoms with van der Waals surface area (Å²) in [6.07, 6.45) is 1.80. The number of amides is 1. The molecule has 1 heterocycles. The SMILES string of the molecule is CCN1C(=O)/C(=C\c2cc(Br)c(OCC#N)c(OC)c2)SC1=Nc1ccc(C)cc1. The number of amidine groups is 1. The number of aryl methyl sites for hydroxylation is 1. The van der Waals surface area contributed by atoms with Gasteiger partial charge in [-0.05, 0) is 77.4 Å². The van der Waals surface area contributed by atoms with Crippen LogP contribution in [0.5, 0.6) is 11.5 Å². The van der Waals surface area contributed by atoms with Crippen LogP contribution in [-0.4, -0.2) is 36.2 Å². The first-order chi connectivity index (χ1) is 14.5. The van der Waals surface area contributed by atoms with Gasteiger partial charge in [-0.15, -0.1) is 0 Å². The number of carbonyl (C=O) groups is 1. The molecule has 154 valence electrons. The van der Waals surface area contributed by atoms with Crippen LogP contribution in [-0.2, 0) is 4.79 Å². The second-order valence-electron chi connectivity index (χ2n) is 6.37. The second-order valence-corrected chi connectivity index (χ2v) is 8.23. The highest BCUT2D eigenvalue weighted by Crippen LogP contribution is 2.39. The highest BCUT2D eigenvalue weighted by molar-refractivity contribution is 9.10. The summed E-state index contributed by atoms with van der Waals surface area (Å²) in [6.45, 7) is 4.38. The fourth-order valence-electron chi connectivity index (χ4n) is 2.82. The van der Waals surface area contributed by atoms with Crippen LogP contribution in [0, 0.1) is 18.3 Å². The maximum atomic E-state index is 12.9. The van der Waals surface area contributed by atoms with E-state index in [4.69, 9.17) is 14.7 Å². The third-order valence-corrected chi connectivity index (χ3v) is 5.89. The van der Waals surface area contributed by atoms with Crippen molar-refractivity contribution in [3.63, 3.8) is 0 Å². The minimum absolute atomic E-state index is 0.0893. The van der Waals surface area contributed by atoms with Crippen molar-refractivity contribution < 1.29 is 14.3 Å². The Labute approximate surface area is 188 Å². The zero-order valence-electron chi connectivity index (χ0n) is 16.8. The molecule has 0 atom stereocenters. The Balaban J connectivity index is 1.93. The summed E-state index contributed by atoms with van der Waals surface area (Å²) in [5.41, 5.74) is 2.73. The molecule has 0 spiro atoms. The van der Waals surface area contributed by atoms with E-state index in [1.54, 1.807) is 17.0 Å². The van der Waals surface area contributed by atoms with E-state index in [9.17, 15) is 4.79 Å². The van der Waals surface area contributed by atoms with E-state index in [1.807, 2.05) is 50.2 Å². The minimum Gasteiger partial charge on any atom is -0.493 e. The summed E-state index contributed by atoms with van der Waals surface area (Å²) >= 11 is 4.79. The number of methoxy groups -OCH3 is 1. The quantitative estimate of drug-likeness (QED) is 0.519. The molecular weight excluding hydrogens is 466 g/mol. The van der Waals surface area contributed by atoms with Crippen molar-refractivity contribution in [1.82, 2.24) is 4.90 Å². The zero-order valence-corrected chi connectivity index (χ0v) is 19.2. The van der Waals surface area contributed by atoms with E-state index in [-0.39, 0.29) is 12.5 Å². The average molecular weight is 486 g/mol. The van der Waals surface area contributed by atoms with E-state index in [2.05, 4.69) is 20.9 Å². The predicted octanol–water partition coefficient (Wildman–Crippen LogP) is 5.29. The summed E-state index contributed by atoms with van der Waals surface area (Å²) < 4.78 is 11.5. The van der Waals surface area contributed by atoms with Gasteiger partial charge in [0.2, 0.25) is 0 Å². The van der Waals surface area contributed by atoms with Gasteiger partial charge in [0.25, 0.3) is 5.91 Å². The summed E-state index contributed by atoms with van der Waals surface area (Å²) in [4.78, 5) is 19.8. The number of benzene rings is 2. The highest BCUT2D eigenvalue weighted by atomic mass is 79.9. The molecule has 0 bridgehead atoms. The molecule has 1 fully saturated rings. The topological polar surface area (TPSA) is 74.9 Å². The molecule has 3 rings (SSSR count). The van der Waals surface area contributed by atoms with Crippen molar-refractivity contribution in [2.45, 2.75) is 13.8 Å². The lowest BCUT2D eigenvalue weighted by atomic mass is 10.2. The standard InChI is InChI=1S/C22H20BrN3O3S/c1-4-26-21(27)19(30-22(26)25-16-7-5-14(2)6-8-16)13-15-11-17(23)20(29-10-9-24)18(12-15)28-3/h5-8,11-13H,4,10H2,1-3H3/b19-13+,25-22?. The number of nitrogens with zero attached hydrogens (tertiary/aromatic N) is 3. The Bertz CT molecular complexity index is 1060. The summed E-state index contributed by atoms with van der Waals surface area (Å²) in [6, 6.07) is 13.4. The molecule has 1 saturated heterocycles. The predicted molar refractivity (Wildman–Crippen MR) is 123 cm³/mol. The largest absolute Gasteiger partial charge is 0.493 e. The fraction of sp³-hybridized carbons (Fsp3) is 0.227. The van der Waals surface area contributed by atoms with Crippen LogP contribution in [0.2, 0.25) is 0 Å². The lowest BCUT2D eigenvalue weighted by molar-refractivity contribution is -0.122. The van der Waals surface area contributed by atoms with E-state index in [0.717, 1.165) is 16.8 Å². The second kappa shape index (κ2) is 9.83. The summed E-state index contributed by atoms with van der Waals surface area (Å²) in [7, 11) is 1.53. The molecule has 0 aromatic heterocycles. The van der Waals surface area contributed by atoms with Crippen LogP contribution in [0.15, 0.2) is 50.8 Å². The molecule has 0 radical (unpaired) electrons. The molecule has 30 heavy (non-hydrogen) atoms. The normalized spacial score (nSPS) is 16.2. The van der Waals surface area contributed by atoms with Crippen molar-refractivity contribution >= 4 is 50.5 Å². The van der Waals surface area contributed by atoms with Gasteiger partial charge in [0.1, 0.15) is 6.07 Å². The van der Waals surface area contributed by atoms with Crippen LogP contribution in [0.1, 0.15) is 18.1 Å². The molecule has 1 aliphatic heterocycles.